The molecule has 4 aromatic rings. The zero-order valence-corrected chi connectivity index (χ0v) is 25.7. The summed E-state index contributed by atoms with van der Waals surface area (Å²) >= 11 is 0. The highest BCUT2D eigenvalue weighted by molar-refractivity contribution is 6.08. The van der Waals surface area contributed by atoms with Crippen molar-refractivity contribution in [3.8, 4) is 11.3 Å². The quantitative estimate of drug-likeness (QED) is 0.236. The Morgan fingerprint density at radius 1 is 0.829 bits per heavy atom. The number of hydrogen-bond donors (Lipinski definition) is 0. The lowest BCUT2D eigenvalue weighted by molar-refractivity contribution is -0.660. The van der Waals surface area contributed by atoms with Crippen LogP contribution < -0.4 is 4.57 Å². The maximum atomic E-state index is 9.45. The van der Waals surface area contributed by atoms with E-state index in [4.69, 9.17) is 9.40 Å². The van der Waals surface area contributed by atoms with E-state index in [1.807, 2.05) is 0 Å². The van der Waals surface area contributed by atoms with Crippen molar-refractivity contribution in [3.63, 3.8) is 0 Å². The van der Waals surface area contributed by atoms with Gasteiger partial charge in [-0.1, -0.05) is 58.1 Å². The second-order valence-corrected chi connectivity index (χ2v) is 14.3. The van der Waals surface area contributed by atoms with Crippen molar-refractivity contribution in [1.82, 2.24) is 4.98 Å². The molecule has 0 radical (unpaired) electrons. The molecule has 3 nitrogen and oxygen atoms in total. The molecule has 0 spiro atoms. The molecule has 0 unspecified atom stereocenters. The van der Waals surface area contributed by atoms with E-state index in [1.165, 1.54) is 32.1 Å². The predicted molar refractivity (Wildman–Crippen MR) is 169 cm³/mol. The Kier molecular flexibility index (Phi) is 6.59. The minimum absolute atomic E-state index is 0.321. The minimum Gasteiger partial charge on any atom is -0.437 e. The maximum absolute atomic E-state index is 9.45. The van der Waals surface area contributed by atoms with Crippen LogP contribution in [-0.2, 0) is 7.05 Å². The van der Waals surface area contributed by atoms with Crippen LogP contribution in [0.4, 0.5) is 0 Å². The smallest absolute Gasteiger partial charge is 0.227 e. The molecule has 3 saturated carbocycles. The predicted octanol–water partition coefficient (Wildman–Crippen LogP) is 10.3. The summed E-state index contributed by atoms with van der Waals surface area (Å²) in [7, 11) is 2.09. The fourth-order valence-corrected chi connectivity index (χ4v) is 8.21. The third-order valence-corrected chi connectivity index (χ3v) is 11.0. The van der Waals surface area contributed by atoms with Crippen LogP contribution in [0.1, 0.15) is 129 Å². The zero-order chi connectivity index (χ0) is 30.0. The van der Waals surface area contributed by atoms with E-state index < -0.39 is 11.8 Å². The van der Waals surface area contributed by atoms with Crippen LogP contribution in [0.25, 0.3) is 33.3 Å². The van der Waals surface area contributed by atoms with Gasteiger partial charge in [0.25, 0.3) is 0 Å². The van der Waals surface area contributed by atoms with E-state index in [1.54, 1.807) is 0 Å². The lowest BCUT2D eigenvalue weighted by Crippen LogP contribution is -2.31. The van der Waals surface area contributed by atoms with Gasteiger partial charge in [-0.2, -0.15) is 0 Å². The summed E-state index contributed by atoms with van der Waals surface area (Å²) in [5, 5.41) is 2.09. The molecular weight excluding hydrogens is 500 g/mol. The lowest BCUT2D eigenvalue weighted by Gasteiger charge is -2.35. The van der Waals surface area contributed by atoms with Gasteiger partial charge in [0.05, 0.1) is 5.56 Å². The summed E-state index contributed by atoms with van der Waals surface area (Å²) in [5.41, 5.74) is 7.10. The standard InChI is InChI=1S/C38H49N2O/c1-25-10-15-31-32-16-17-33(29-13-11-27(12-14-29)26-8-6-5-7-9-26)39-37(32)41-36(31)35(25)34-24-30(20-23-40(34)4)28-18-21-38(2,3)22-19-28/h10,15-17,20,23-24,26-29H,5-9,11-14,18-19,21-22H2,1-4H3/q+1/i28D,29D. The Labute approximate surface area is 249 Å². The summed E-state index contributed by atoms with van der Waals surface area (Å²) in [6.45, 7) is 6.81. The normalized spacial score (nSPS) is 27.6. The maximum Gasteiger partial charge on any atom is 0.227 e. The van der Waals surface area contributed by atoms with E-state index in [9.17, 15) is 2.74 Å². The molecule has 3 aliphatic carbocycles. The van der Waals surface area contributed by atoms with E-state index >= 15 is 0 Å². The third kappa shape index (κ3) is 5.23. The van der Waals surface area contributed by atoms with Gasteiger partial charge in [-0.25, -0.2) is 9.55 Å². The lowest BCUT2D eigenvalue weighted by atomic mass is 9.70. The summed E-state index contributed by atoms with van der Waals surface area (Å²) in [6, 6.07) is 13.0. The van der Waals surface area contributed by atoms with Crippen LogP contribution in [0.5, 0.6) is 0 Å². The number of furan rings is 1. The average Bonchev–Trinajstić information content (AvgIpc) is 3.38. The van der Waals surface area contributed by atoms with Crippen molar-refractivity contribution < 1.29 is 11.7 Å². The monoisotopic (exact) mass is 551 g/mol. The molecule has 3 aromatic heterocycles. The van der Waals surface area contributed by atoms with E-state index in [0.29, 0.717) is 11.1 Å². The molecule has 3 fully saturated rings. The number of hydrogen-bond acceptors (Lipinski definition) is 2. The number of nitrogens with zero attached hydrogens (tertiary/aromatic N) is 2. The van der Waals surface area contributed by atoms with Crippen molar-refractivity contribution in [2.24, 2.45) is 24.3 Å². The molecule has 0 N–H and O–H groups in total. The van der Waals surface area contributed by atoms with Crippen LogP contribution in [0.2, 0.25) is 0 Å². The first-order chi connectivity index (χ1) is 20.6. The molecule has 0 atom stereocenters. The highest BCUT2D eigenvalue weighted by Gasteiger charge is 2.31. The minimum atomic E-state index is -0.630. The van der Waals surface area contributed by atoms with Gasteiger partial charge < -0.3 is 4.42 Å². The molecule has 3 aliphatic rings. The molecule has 3 heterocycles. The molecule has 0 aliphatic heterocycles. The zero-order valence-electron chi connectivity index (χ0n) is 27.7. The topological polar surface area (TPSA) is 29.9 Å². The Morgan fingerprint density at radius 2 is 1.54 bits per heavy atom. The Hall–Kier alpha value is -2.68. The molecule has 0 amide bonds. The second kappa shape index (κ2) is 10.9. The van der Waals surface area contributed by atoms with Gasteiger partial charge in [0, 0.05) is 37.2 Å². The molecule has 41 heavy (non-hydrogen) atoms. The van der Waals surface area contributed by atoms with Crippen LogP contribution >= 0.6 is 0 Å². The molecule has 0 saturated heterocycles. The first-order valence-corrected chi connectivity index (χ1v) is 16.4. The number of aryl methyl sites for hydroxylation is 2. The highest BCUT2D eigenvalue weighted by atomic mass is 16.3. The molecule has 216 valence electrons. The van der Waals surface area contributed by atoms with Crippen molar-refractivity contribution in [2.75, 3.05) is 0 Å². The van der Waals surface area contributed by atoms with Crippen LogP contribution in [0.3, 0.4) is 0 Å². The summed E-state index contributed by atoms with van der Waals surface area (Å²) in [5.74, 6) is 0.483. The van der Waals surface area contributed by atoms with Gasteiger partial charge in [-0.3, -0.25) is 0 Å². The van der Waals surface area contributed by atoms with Crippen molar-refractivity contribution >= 4 is 22.1 Å². The molecular formula is C38H49N2O+. The van der Waals surface area contributed by atoms with Gasteiger partial charge in [-0.05, 0) is 105 Å². The molecule has 0 bridgehead atoms. The van der Waals surface area contributed by atoms with Crippen molar-refractivity contribution in [1.29, 1.82) is 0 Å². The molecule has 1 aromatic carbocycles. The number of rotatable bonds is 4. The summed E-state index contributed by atoms with van der Waals surface area (Å²) in [6.07, 6.45) is 17.1. The Bertz CT molecular complexity index is 1650. The van der Waals surface area contributed by atoms with Gasteiger partial charge in [0.2, 0.25) is 11.4 Å². The largest absolute Gasteiger partial charge is 0.437 e. The summed E-state index contributed by atoms with van der Waals surface area (Å²) in [4.78, 5) is 5.06. The van der Waals surface area contributed by atoms with Crippen LogP contribution in [-0.4, -0.2) is 4.98 Å². The number of pyridine rings is 2. The first kappa shape index (κ1) is 24.9. The Morgan fingerprint density at radius 3 is 2.29 bits per heavy atom. The number of fused-ring (bicyclic) bond motifs is 3. The van der Waals surface area contributed by atoms with E-state index in [0.717, 1.165) is 108 Å². The van der Waals surface area contributed by atoms with Crippen molar-refractivity contribution in [3.05, 3.63) is 59.4 Å². The average molecular weight is 552 g/mol. The second-order valence-electron chi connectivity index (χ2n) is 14.3. The first-order valence-electron chi connectivity index (χ1n) is 17.4. The summed E-state index contributed by atoms with van der Waals surface area (Å²) < 4.78 is 27.7. The highest BCUT2D eigenvalue weighted by Crippen LogP contribution is 2.45. The van der Waals surface area contributed by atoms with Crippen LogP contribution in [0.15, 0.2) is 47.0 Å². The third-order valence-electron chi connectivity index (χ3n) is 11.0. The van der Waals surface area contributed by atoms with Crippen molar-refractivity contribution in [2.45, 2.75) is 116 Å². The fourth-order valence-electron chi connectivity index (χ4n) is 8.21. The van der Waals surface area contributed by atoms with Gasteiger partial charge >= 0.3 is 0 Å². The molecule has 3 heteroatoms. The van der Waals surface area contributed by atoms with Crippen LogP contribution in [0, 0.1) is 24.2 Å². The Balaban J connectivity index is 1.23. The van der Waals surface area contributed by atoms with Gasteiger partial charge in [0.15, 0.2) is 11.8 Å². The number of aromatic nitrogens is 2. The number of benzene rings is 1. The van der Waals surface area contributed by atoms with Gasteiger partial charge in [-0.15, -0.1) is 0 Å². The fraction of sp³-hybridized carbons (Fsp3) is 0.579. The SMILES string of the molecule is [2H]C1(c2cc[n+](C)c(-c3c(C)ccc4c3oc3nc(C5([2H])CCC(C6CCCCC6)CC5)ccc34)c2)CCC(C)(C)CC1. The van der Waals surface area contributed by atoms with Gasteiger partial charge in [0.1, 0.15) is 7.05 Å². The van der Waals surface area contributed by atoms with E-state index in [-0.39, 0.29) is 0 Å². The molecule has 7 rings (SSSR count). The van der Waals surface area contributed by atoms with E-state index in [2.05, 4.69) is 75.0 Å².